The standard InChI is InChI=1S/C22H16F5N3O4.C20H14F5N3O3.C2H3ClO/c1-11(31)30(20(32)16-10-29(2)28-19(16)22(25,26)27)18-7-5-13(23)9-15(18)12-4-6-14(17(24)8-12)21(33)34-3;1-28-9-14(17(27-28)20(23,24)25)18(29)26-16-6-4-11(21)8-13(16)10-3-5-12(15(22)7-10)19(30)31-2;1-2(3)4/h4-10H,1-3H3;3-9H,1-2H3,(H,26,29);1H3. The largest absolute Gasteiger partial charge is 0.465 e. The number of imide groups is 1. The number of alkyl halides is 6. The van der Waals surface area contributed by atoms with Gasteiger partial charge in [0.15, 0.2) is 11.4 Å². The van der Waals surface area contributed by atoms with Gasteiger partial charge in [-0.1, -0.05) is 12.1 Å². The highest BCUT2D eigenvalue weighted by Gasteiger charge is 2.41. The fraction of sp³-hybridized carbons (Fsp3) is 0.182. The second-order valence-electron chi connectivity index (χ2n) is 13.9. The molecule has 0 radical (unpaired) electrons. The molecule has 0 unspecified atom stereocenters. The number of halogens is 11. The molecule has 69 heavy (non-hydrogen) atoms. The van der Waals surface area contributed by atoms with E-state index in [1.807, 2.05) is 0 Å². The number of hydrogen-bond acceptors (Lipinski definition) is 10. The van der Waals surface area contributed by atoms with Gasteiger partial charge in [0.05, 0.1) is 42.2 Å². The van der Waals surface area contributed by atoms with Gasteiger partial charge in [0.1, 0.15) is 23.3 Å². The lowest BCUT2D eigenvalue weighted by atomic mass is 10.00. The van der Waals surface area contributed by atoms with E-state index in [0.717, 1.165) is 104 Å². The van der Waals surface area contributed by atoms with Crippen LogP contribution in [0.2, 0.25) is 0 Å². The molecule has 2 aromatic heterocycles. The Morgan fingerprint density at radius 3 is 1.46 bits per heavy atom. The highest BCUT2D eigenvalue weighted by Crippen LogP contribution is 2.37. The number of benzene rings is 4. The van der Waals surface area contributed by atoms with Crippen molar-refractivity contribution in [2.45, 2.75) is 26.2 Å². The normalized spacial score (nSPS) is 11.0. The molecule has 0 aliphatic rings. The minimum absolute atomic E-state index is 0.0129. The zero-order valence-electron chi connectivity index (χ0n) is 36.2. The summed E-state index contributed by atoms with van der Waals surface area (Å²) in [6, 6.07) is 12.2. The summed E-state index contributed by atoms with van der Waals surface area (Å²) in [6.07, 6.45) is -8.17. The maximum atomic E-state index is 14.5. The minimum Gasteiger partial charge on any atom is -0.465 e. The number of anilines is 2. The number of amides is 3. The first kappa shape index (κ1) is 53.7. The van der Waals surface area contributed by atoms with E-state index >= 15 is 0 Å². The fourth-order valence-corrected chi connectivity index (χ4v) is 6.17. The maximum Gasteiger partial charge on any atom is 0.435 e. The van der Waals surface area contributed by atoms with E-state index in [1.54, 1.807) is 0 Å². The van der Waals surface area contributed by atoms with Crippen molar-refractivity contribution in [2.75, 3.05) is 24.4 Å². The molecule has 0 fully saturated rings. The monoisotopic (exact) mass is 998 g/mol. The first-order valence-electron chi connectivity index (χ1n) is 19.0. The van der Waals surface area contributed by atoms with Crippen LogP contribution in [-0.2, 0) is 45.5 Å². The van der Waals surface area contributed by atoms with Crippen LogP contribution in [0, 0.1) is 23.3 Å². The number of aryl methyl sites for hydroxylation is 2. The van der Waals surface area contributed by atoms with Crippen molar-refractivity contribution in [3.63, 3.8) is 0 Å². The number of nitrogens with one attached hydrogen (secondary N) is 1. The molecule has 3 amide bonds. The zero-order valence-corrected chi connectivity index (χ0v) is 37.0. The molecule has 0 bridgehead atoms. The Bertz CT molecular complexity index is 2970. The quantitative estimate of drug-likeness (QED) is 0.0880. The Morgan fingerprint density at radius 1 is 0.609 bits per heavy atom. The number of carbonyl (C=O) groups excluding carboxylic acids is 6. The number of carbonyl (C=O) groups is 6. The molecule has 25 heteroatoms. The van der Waals surface area contributed by atoms with E-state index in [-0.39, 0.29) is 44.4 Å². The number of nitrogens with zero attached hydrogens (tertiary/aromatic N) is 5. The van der Waals surface area contributed by atoms with Crippen molar-refractivity contribution < 1.29 is 82.1 Å². The summed E-state index contributed by atoms with van der Waals surface area (Å²) in [7, 11) is 4.51. The first-order chi connectivity index (χ1) is 32.1. The van der Waals surface area contributed by atoms with Gasteiger partial charge >= 0.3 is 24.3 Å². The van der Waals surface area contributed by atoms with E-state index in [9.17, 15) is 72.7 Å². The number of ether oxygens (including phenoxy) is 2. The number of rotatable bonds is 8. The van der Waals surface area contributed by atoms with Crippen LogP contribution in [0.5, 0.6) is 0 Å². The van der Waals surface area contributed by atoms with Crippen LogP contribution in [0.25, 0.3) is 22.3 Å². The molecule has 1 N–H and O–H groups in total. The van der Waals surface area contributed by atoms with E-state index in [2.05, 4.69) is 36.6 Å². The van der Waals surface area contributed by atoms with Gasteiger partial charge in [-0.2, -0.15) is 36.5 Å². The van der Waals surface area contributed by atoms with Crippen molar-refractivity contribution in [2.24, 2.45) is 14.1 Å². The van der Waals surface area contributed by atoms with Gasteiger partial charge in [-0.3, -0.25) is 28.5 Å². The molecule has 0 atom stereocenters. The minimum atomic E-state index is -4.99. The Kier molecular flexibility index (Phi) is 17.0. The smallest absolute Gasteiger partial charge is 0.435 e. The van der Waals surface area contributed by atoms with Gasteiger partial charge in [0, 0.05) is 57.2 Å². The second kappa shape index (κ2) is 21.8. The van der Waals surface area contributed by atoms with Gasteiger partial charge in [0.2, 0.25) is 11.1 Å². The molecule has 6 aromatic rings. The lowest BCUT2D eigenvalue weighted by Gasteiger charge is -2.23. The number of aromatic nitrogens is 4. The predicted molar refractivity (Wildman–Crippen MR) is 225 cm³/mol. The summed E-state index contributed by atoms with van der Waals surface area (Å²) in [5.41, 5.74) is -5.89. The molecule has 14 nitrogen and oxygen atoms in total. The van der Waals surface area contributed by atoms with Crippen molar-refractivity contribution in [3.05, 3.63) is 142 Å². The van der Waals surface area contributed by atoms with Gasteiger partial charge in [-0.15, -0.1) is 0 Å². The Balaban J connectivity index is 0.000000280. The molecule has 364 valence electrons. The SMILES string of the molecule is CC(=O)Cl.COC(=O)c1ccc(-c2cc(F)ccc2N(C(C)=O)C(=O)c2cn(C)nc2C(F)(F)F)cc1F.COC(=O)c1ccc(-c2cc(F)ccc2NC(=O)c2cn(C)nc2C(F)(F)F)cc1F. The van der Waals surface area contributed by atoms with E-state index in [1.165, 1.54) is 33.2 Å². The van der Waals surface area contributed by atoms with E-state index in [4.69, 9.17) is 0 Å². The van der Waals surface area contributed by atoms with Crippen LogP contribution in [0.4, 0.5) is 55.3 Å². The predicted octanol–water partition coefficient (Wildman–Crippen LogP) is 9.56. The lowest BCUT2D eigenvalue weighted by Crippen LogP contribution is -2.36. The number of esters is 2. The molecule has 0 aliphatic carbocycles. The molecular weight excluding hydrogens is 966 g/mol. The van der Waals surface area contributed by atoms with Crippen LogP contribution < -0.4 is 10.2 Å². The maximum absolute atomic E-state index is 14.5. The third kappa shape index (κ3) is 13.2. The summed E-state index contributed by atoms with van der Waals surface area (Å²) in [5, 5.41) is 8.43. The molecule has 0 spiro atoms. The topological polar surface area (TPSA) is 172 Å². The Morgan fingerprint density at radius 2 is 1.03 bits per heavy atom. The van der Waals surface area contributed by atoms with Crippen LogP contribution in [0.15, 0.2) is 85.2 Å². The van der Waals surface area contributed by atoms with Crippen molar-refractivity contribution in [3.8, 4) is 22.3 Å². The highest BCUT2D eigenvalue weighted by atomic mass is 35.5. The van der Waals surface area contributed by atoms with Crippen LogP contribution in [0.3, 0.4) is 0 Å². The van der Waals surface area contributed by atoms with E-state index < -0.39 is 93.4 Å². The molecule has 2 heterocycles. The Hall–Kier alpha value is -7.89. The third-order valence-corrected chi connectivity index (χ3v) is 8.99. The summed E-state index contributed by atoms with van der Waals surface area (Å²) >= 11 is 4.64. The van der Waals surface area contributed by atoms with Crippen molar-refractivity contribution in [1.29, 1.82) is 0 Å². The van der Waals surface area contributed by atoms with Gasteiger partial charge < -0.3 is 14.8 Å². The molecule has 0 saturated heterocycles. The molecule has 0 aliphatic heterocycles. The highest BCUT2D eigenvalue weighted by molar-refractivity contribution is 6.62. The van der Waals surface area contributed by atoms with Crippen molar-refractivity contribution >= 4 is 57.9 Å². The third-order valence-electron chi connectivity index (χ3n) is 8.99. The lowest BCUT2D eigenvalue weighted by molar-refractivity contribution is -0.142. The average Bonchev–Trinajstić information content (AvgIpc) is 3.87. The van der Waals surface area contributed by atoms with Crippen LogP contribution in [-0.4, -0.2) is 68.7 Å². The first-order valence-corrected chi connectivity index (χ1v) is 19.4. The number of methoxy groups -OCH3 is 2. The van der Waals surface area contributed by atoms with Crippen molar-refractivity contribution in [1.82, 2.24) is 19.6 Å². The van der Waals surface area contributed by atoms with E-state index in [0.29, 0.717) is 4.90 Å². The van der Waals surface area contributed by atoms with Crippen LogP contribution >= 0.6 is 11.6 Å². The Labute approximate surface area is 388 Å². The summed E-state index contributed by atoms with van der Waals surface area (Å²) in [5.74, 6) is -8.95. The number of hydrogen-bond donors (Lipinski definition) is 1. The summed E-state index contributed by atoms with van der Waals surface area (Å²) < 4.78 is 147. The van der Waals surface area contributed by atoms with Gasteiger partial charge in [-0.05, 0) is 83.4 Å². The second-order valence-corrected chi connectivity index (χ2v) is 14.5. The molecule has 4 aromatic carbocycles. The molecule has 0 saturated carbocycles. The summed E-state index contributed by atoms with van der Waals surface area (Å²) in [4.78, 5) is 70.8. The van der Waals surface area contributed by atoms with Gasteiger partial charge in [0.25, 0.3) is 11.8 Å². The average molecular weight is 999 g/mol. The zero-order chi connectivity index (χ0) is 51.9. The van der Waals surface area contributed by atoms with Crippen LogP contribution in [0.1, 0.15) is 66.7 Å². The fourth-order valence-electron chi connectivity index (χ4n) is 6.17. The van der Waals surface area contributed by atoms with Gasteiger partial charge in [-0.25, -0.2) is 32.1 Å². The molecular formula is C44H33ClF10N6O8. The summed E-state index contributed by atoms with van der Waals surface area (Å²) in [6.45, 7) is 2.22. The molecule has 6 rings (SSSR count).